The Morgan fingerprint density at radius 3 is 2.71 bits per heavy atom. The topological polar surface area (TPSA) is 71.6 Å². The van der Waals surface area contributed by atoms with Gasteiger partial charge in [0.15, 0.2) is 17.8 Å². The van der Waals surface area contributed by atoms with Gasteiger partial charge in [-0.1, -0.05) is 23.7 Å². The lowest BCUT2D eigenvalue weighted by molar-refractivity contribution is -0.00622. The summed E-state index contributed by atoms with van der Waals surface area (Å²) in [4.78, 5) is 34.3. The van der Waals surface area contributed by atoms with Crippen LogP contribution in [-0.2, 0) is 12.2 Å². The van der Waals surface area contributed by atoms with Crippen molar-refractivity contribution in [3.63, 3.8) is 0 Å². The van der Waals surface area contributed by atoms with Crippen molar-refractivity contribution in [2.24, 2.45) is 0 Å². The Labute approximate surface area is 166 Å². The molecular weight excluding hydrogens is 380 g/mol. The van der Waals surface area contributed by atoms with E-state index in [4.69, 9.17) is 16.0 Å². The Kier molecular flexibility index (Phi) is 3.64. The first-order valence-corrected chi connectivity index (χ1v) is 9.35. The summed E-state index contributed by atoms with van der Waals surface area (Å²) in [5.41, 5.74) is 0.768. The molecule has 1 saturated heterocycles. The molecule has 0 radical (unpaired) electrons. The molecule has 2 aliphatic rings. The van der Waals surface area contributed by atoms with Gasteiger partial charge in [-0.3, -0.25) is 9.59 Å². The van der Waals surface area contributed by atoms with E-state index in [0.29, 0.717) is 36.1 Å². The molecule has 28 heavy (non-hydrogen) atoms. The summed E-state index contributed by atoms with van der Waals surface area (Å²) in [5.74, 6) is 0.101. The average molecular weight is 397 g/mol. The first-order chi connectivity index (χ1) is 13.5. The summed E-state index contributed by atoms with van der Waals surface area (Å²) in [6.45, 7) is 2.99. The van der Waals surface area contributed by atoms with E-state index in [1.807, 2.05) is 29.0 Å². The van der Waals surface area contributed by atoms with Gasteiger partial charge in [-0.05, 0) is 31.2 Å². The SMILES string of the molecule is Cc1ocnc1C(=O)N1CCN2C(=O)c3cccn3CC12c1ccc(Cl)cc1. The van der Waals surface area contributed by atoms with Gasteiger partial charge in [0.05, 0.1) is 6.54 Å². The van der Waals surface area contributed by atoms with Crippen LogP contribution in [0.4, 0.5) is 0 Å². The zero-order valence-corrected chi connectivity index (χ0v) is 15.9. The summed E-state index contributed by atoms with van der Waals surface area (Å²) in [6.07, 6.45) is 3.13. The standard InChI is InChI=1S/C20H17ClN4O3/c1-13-17(22-12-28-13)19(27)25-10-9-24-18(26)16-3-2-8-23(16)11-20(24,25)14-4-6-15(21)7-5-14/h2-8,12H,9-11H2,1H3. The van der Waals surface area contributed by atoms with Gasteiger partial charge in [0.1, 0.15) is 11.5 Å². The van der Waals surface area contributed by atoms with Crippen molar-refractivity contribution in [3.8, 4) is 0 Å². The third-order valence-corrected chi connectivity index (χ3v) is 5.88. The lowest BCUT2D eigenvalue weighted by Crippen LogP contribution is -2.60. The van der Waals surface area contributed by atoms with Crippen LogP contribution in [0.3, 0.4) is 0 Å². The molecule has 5 rings (SSSR count). The number of carbonyl (C=O) groups excluding carboxylic acids is 2. The number of carbonyl (C=O) groups is 2. The molecule has 7 nitrogen and oxygen atoms in total. The van der Waals surface area contributed by atoms with Crippen LogP contribution in [-0.4, -0.2) is 44.3 Å². The molecule has 0 aliphatic carbocycles. The Morgan fingerprint density at radius 1 is 1.21 bits per heavy atom. The number of amides is 2. The molecular formula is C20H17ClN4O3. The maximum absolute atomic E-state index is 13.4. The minimum Gasteiger partial charge on any atom is -0.448 e. The third-order valence-electron chi connectivity index (χ3n) is 5.62. The number of nitrogens with zero attached hydrogens (tertiary/aromatic N) is 4. The van der Waals surface area contributed by atoms with Crippen molar-refractivity contribution in [2.45, 2.75) is 19.1 Å². The Hall–Kier alpha value is -3.06. The fourth-order valence-electron chi connectivity index (χ4n) is 4.31. The van der Waals surface area contributed by atoms with E-state index in [1.165, 1.54) is 6.39 Å². The summed E-state index contributed by atoms with van der Waals surface area (Å²) < 4.78 is 7.14. The second-order valence-corrected chi connectivity index (χ2v) is 7.45. The van der Waals surface area contributed by atoms with Crippen molar-refractivity contribution in [1.82, 2.24) is 19.4 Å². The van der Waals surface area contributed by atoms with Crippen molar-refractivity contribution < 1.29 is 14.0 Å². The molecule has 3 aromatic rings. The largest absolute Gasteiger partial charge is 0.448 e. The molecule has 2 aliphatic heterocycles. The predicted molar refractivity (Wildman–Crippen MR) is 101 cm³/mol. The zero-order valence-electron chi connectivity index (χ0n) is 15.1. The Bertz CT molecular complexity index is 1090. The second-order valence-electron chi connectivity index (χ2n) is 7.02. The van der Waals surface area contributed by atoms with Gasteiger partial charge in [-0.25, -0.2) is 4.98 Å². The number of benzene rings is 1. The van der Waals surface area contributed by atoms with Crippen molar-refractivity contribution in [3.05, 3.63) is 76.7 Å². The van der Waals surface area contributed by atoms with E-state index < -0.39 is 5.66 Å². The first-order valence-electron chi connectivity index (χ1n) is 8.97. The number of halogens is 1. The number of hydrogen-bond donors (Lipinski definition) is 0. The van der Waals surface area contributed by atoms with E-state index in [2.05, 4.69) is 4.98 Å². The van der Waals surface area contributed by atoms with Crippen LogP contribution in [0.2, 0.25) is 5.02 Å². The minimum absolute atomic E-state index is 0.0987. The number of fused-ring (bicyclic) bond motifs is 2. The third kappa shape index (κ3) is 2.19. The molecule has 0 bridgehead atoms. The van der Waals surface area contributed by atoms with E-state index in [0.717, 1.165) is 5.56 Å². The highest BCUT2D eigenvalue weighted by Crippen LogP contribution is 2.43. The van der Waals surface area contributed by atoms with Crippen LogP contribution in [0.5, 0.6) is 0 Å². The van der Waals surface area contributed by atoms with Crippen LogP contribution >= 0.6 is 11.6 Å². The first kappa shape index (κ1) is 17.1. The van der Waals surface area contributed by atoms with Crippen molar-refractivity contribution >= 4 is 23.4 Å². The van der Waals surface area contributed by atoms with E-state index >= 15 is 0 Å². The van der Waals surface area contributed by atoms with Crippen LogP contribution in [0, 0.1) is 6.92 Å². The van der Waals surface area contributed by atoms with Crippen LogP contribution in [0.1, 0.15) is 32.3 Å². The summed E-state index contributed by atoms with van der Waals surface area (Å²) in [5, 5.41) is 0.596. The fourth-order valence-corrected chi connectivity index (χ4v) is 4.43. The number of oxazole rings is 1. The lowest BCUT2D eigenvalue weighted by atomic mass is 9.94. The molecule has 1 fully saturated rings. The smallest absolute Gasteiger partial charge is 0.278 e. The monoisotopic (exact) mass is 396 g/mol. The highest BCUT2D eigenvalue weighted by atomic mass is 35.5. The van der Waals surface area contributed by atoms with Gasteiger partial charge >= 0.3 is 0 Å². The van der Waals surface area contributed by atoms with Gasteiger partial charge < -0.3 is 18.8 Å². The summed E-state index contributed by atoms with van der Waals surface area (Å²) in [6, 6.07) is 11.0. The molecule has 2 aromatic heterocycles. The number of aryl methyl sites for hydroxylation is 1. The highest BCUT2D eigenvalue weighted by Gasteiger charge is 2.56. The fraction of sp³-hybridized carbons (Fsp3) is 0.250. The van der Waals surface area contributed by atoms with Crippen LogP contribution in [0.15, 0.2) is 53.4 Å². The summed E-state index contributed by atoms with van der Waals surface area (Å²) >= 11 is 6.10. The zero-order chi connectivity index (χ0) is 19.5. The molecule has 0 N–H and O–H groups in total. The molecule has 1 aromatic carbocycles. The highest BCUT2D eigenvalue weighted by molar-refractivity contribution is 6.30. The number of aromatic nitrogens is 2. The average Bonchev–Trinajstić information content (AvgIpc) is 3.40. The molecule has 1 atom stereocenters. The number of rotatable bonds is 2. The van der Waals surface area contributed by atoms with Crippen LogP contribution < -0.4 is 0 Å². The van der Waals surface area contributed by atoms with E-state index in [9.17, 15) is 9.59 Å². The summed E-state index contributed by atoms with van der Waals surface area (Å²) in [7, 11) is 0. The maximum atomic E-state index is 13.4. The van der Waals surface area contributed by atoms with Crippen molar-refractivity contribution in [1.29, 1.82) is 0 Å². The Balaban J connectivity index is 1.70. The molecule has 142 valence electrons. The molecule has 0 saturated carbocycles. The maximum Gasteiger partial charge on any atom is 0.278 e. The quantitative estimate of drug-likeness (QED) is 0.667. The molecule has 1 unspecified atom stereocenters. The van der Waals surface area contributed by atoms with Gasteiger partial charge in [0.2, 0.25) is 0 Å². The number of hydrogen-bond acceptors (Lipinski definition) is 4. The van der Waals surface area contributed by atoms with E-state index in [1.54, 1.807) is 34.9 Å². The van der Waals surface area contributed by atoms with E-state index in [-0.39, 0.29) is 17.5 Å². The van der Waals surface area contributed by atoms with Gasteiger partial charge in [-0.15, -0.1) is 0 Å². The van der Waals surface area contributed by atoms with Gasteiger partial charge in [0, 0.05) is 29.9 Å². The van der Waals surface area contributed by atoms with Gasteiger partial charge in [0.25, 0.3) is 11.8 Å². The molecule has 4 heterocycles. The van der Waals surface area contributed by atoms with Crippen LogP contribution in [0.25, 0.3) is 0 Å². The normalized spacial score (nSPS) is 21.0. The predicted octanol–water partition coefficient (Wildman–Crippen LogP) is 2.90. The van der Waals surface area contributed by atoms with Gasteiger partial charge in [-0.2, -0.15) is 0 Å². The lowest BCUT2D eigenvalue weighted by Gasteiger charge is -2.47. The van der Waals surface area contributed by atoms with Crippen molar-refractivity contribution in [2.75, 3.05) is 13.1 Å². The molecule has 2 amide bonds. The minimum atomic E-state index is -0.948. The molecule has 0 spiro atoms. The Morgan fingerprint density at radius 2 is 2.00 bits per heavy atom. The molecule has 8 heteroatoms. The second kappa shape index (κ2) is 5.97.